The maximum Gasteiger partial charge on any atom is 0.145 e. The Balaban J connectivity index is 2.24. The van der Waals surface area contributed by atoms with E-state index in [0.717, 1.165) is 12.1 Å². The van der Waals surface area contributed by atoms with Gasteiger partial charge in [-0.2, -0.15) is 0 Å². The van der Waals surface area contributed by atoms with Gasteiger partial charge >= 0.3 is 0 Å². The third-order valence-electron chi connectivity index (χ3n) is 2.78. The number of rotatable bonds is 5. The minimum Gasteiger partial charge on any atom is -0.307 e. The molecule has 1 aromatic heterocycles. The Bertz CT molecular complexity index is 531. The lowest BCUT2D eigenvalue weighted by Gasteiger charge is -2.16. The van der Waals surface area contributed by atoms with Crippen LogP contribution in [0.1, 0.15) is 24.4 Å². The number of aromatic nitrogens is 2. The summed E-state index contributed by atoms with van der Waals surface area (Å²) in [5, 5.41) is 3.18. The number of hydrogen-bond donors (Lipinski definition) is 1. The highest BCUT2D eigenvalue weighted by atomic mass is 19.1. The summed E-state index contributed by atoms with van der Waals surface area (Å²) >= 11 is 0. The van der Waals surface area contributed by atoms with Crippen molar-refractivity contribution in [2.24, 2.45) is 0 Å². The highest BCUT2D eigenvalue weighted by molar-refractivity contribution is 5.20. The molecule has 2 aromatic rings. The molecule has 1 unspecified atom stereocenters. The maximum atomic E-state index is 13.7. The first-order valence-corrected chi connectivity index (χ1v) is 6.15. The summed E-state index contributed by atoms with van der Waals surface area (Å²) in [7, 11) is 0. The molecule has 19 heavy (non-hydrogen) atoms. The second-order valence-electron chi connectivity index (χ2n) is 4.16. The Kier molecular flexibility index (Phi) is 4.52. The number of likely N-dealkylation sites (N-methyl/N-ethyl adjacent to an activating group) is 1. The smallest absolute Gasteiger partial charge is 0.145 e. The van der Waals surface area contributed by atoms with Crippen molar-refractivity contribution in [3.63, 3.8) is 0 Å². The fraction of sp³-hybridized carbons (Fsp3) is 0.286. The second-order valence-corrected chi connectivity index (χ2v) is 4.16. The Labute approximate surface area is 110 Å². The van der Waals surface area contributed by atoms with Gasteiger partial charge in [-0.15, -0.1) is 0 Å². The quantitative estimate of drug-likeness (QED) is 0.901. The number of nitrogens with zero attached hydrogens (tertiary/aromatic N) is 2. The van der Waals surface area contributed by atoms with Crippen LogP contribution in [-0.4, -0.2) is 16.5 Å². The molecule has 0 aliphatic rings. The standard InChI is InChI=1S/C14H15F2N3/c1-2-17-13(14-18-6-3-7-19-14)9-10-8-11(15)4-5-12(10)16/h3-8,13,17H,2,9H2,1H3. The van der Waals surface area contributed by atoms with Gasteiger partial charge in [0.15, 0.2) is 0 Å². The van der Waals surface area contributed by atoms with Crippen molar-refractivity contribution >= 4 is 0 Å². The van der Waals surface area contributed by atoms with E-state index in [-0.39, 0.29) is 6.04 Å². The molecule has 0 saturated carbocycles. The molecule has 0 bridgehead atoms. The van der Waals surface area contributed by atoms with Gasteiger partial charge in [0, 0.05) is 12.4 Å². The molecular weight excluding hydrogens is 248 g/mol. The fourth-order valence-corrected chi connectivity index (χ4v) is 1.91. The van der Waals surface area contributed by atoms with Crippen LogP contribution in [0.5, 0.6) is 0 Å². The van der Waals surface area contributed by atoms with Gasteiger partial charge in [0.25, 0.3) is 0 Å². The van der Waals surface area contributed by atoms with Crippen LogP contribution < -0.4 is 5.32 Å². The van der Waals surface area contributed by atoms with Gasteiger partial charge < -0.3 is 5.32 Å². The summed E-state index contributed by atoms with van der Waals surface area (Å²) in [6, 6.07) is 4.94. The predicted octanol–water partition coefficient (Wildman–Crippen LogP) is 2.65. The van der Waals surface area contributed by atoms with E-state index in [9.17, 15) is 8.78 Å². The molecule has 0 fully saturated rings. The van der Waals surface area contributed by atoms with Crippen LogP contribution in [0.4, 0.5) is 8.78 Å². The zero-order valence-electron chi connectivity index (χ0n) is 10.6. The first-order chi connectivity index (χ1) is 9.20. The third-order valence-corrected chi connectivity index (χ3v) is 2.78. The Morgan fingerprint density at radius 3 is 2.63 bits per heavy atom. The summed E-state index contributed by atoms with van der Waals surface area (Å²) in [5.74, 6) is -0.283. The highest BCUT2D eigenvalue weighted by Gasteiger charge is 2.16. The lowest BCUT2D eigenvalue weighted by atomic mass is 10.0. The predicted molar refractivity (Wildman–Crippen MR) is 68.5 cm³/mol. The lowest BCUT2D eigenvalue weighted by molar-refractivity contribution is 0.501. The third kappa shape index (κ3) is 3.54. The van der Waals surface area contributed by atoms with Gasteiger partial charge in [-0.3, -0.25) is 0 Å². The van der Waals surface area contributed by atoms with Gasteiger partial charge in [0.2, 0.25) is 0 Å². The van der Waals surface area contributed by atoms with Crippen LogP contribution >= 0.6 is 0 Å². The normalized spacial score (nSPS) is 12.4. The summed E-state index contributed by atoms with van der Waals surface area (Å²) < 4.78 is 26.8. The zero-order chi connectivity index (χ0) is 13.7. The van der Waals surface area contributed by atoms with E-state index in [2.05, 4.69) is 15.3 Å². The van der Waals surface area contributed by atoms with Gasteiger partial charge in [0.1, 0.15) is 17.5 Å². The van der Waals surface area contributed by atoms with Crippen LogP contribution in [-0.2, 0) is 6.42 Å². The van der Waals surface area contributed by atoms with Gasteiger partial charge in [0.05, 0.1) is 6.04 Å². The van der Waals surface area contributed by atoms with Crippen molar-refractivity contribution in [3.05, 3.63) is 59.7 Å². The van der Waals surface area contributed by atoms with Gasteiger partial charge in [-0.1, -0.05) is 6.92 Å². The van der Waals surface area contributed by atoms with Crippen molar-refractivity contribution in [2.75, 3.05) is 6.54 Å². The van der Waals surface area contributed by atoms with Crippen molar-refractivity contribution in [2.45, 2.75) is 19.4 Å². The topological polar surface area (TPSA) is 37.8 Å². The van der Waals surface area contributed by atoms with Crippen molar-refractivity contribution in [1.82, 2.24) is 15.3 Å². The molecule has 3 nitrogen and oxygen atoms in total. The average Bonchev–Trinajstić information content (AvgIpc) is 2.43. The van der Waals surface area contributed by atoms with E-state index < -0.39 is 11.6 Å². The molecule has 1 aromatic carbocycles. The van der Waals surface area contributed by atoms with E-state index in [1.807, 2.05) is 6.92 Å². The number of halogens is 2. The minimum atomic E-state index is -0.444. The molecular formula is C14H15F2N3. The molecule has 0 saturated heterocycles. The number of hydrogen-bond acceptors (Lipinski definition) is 3. The summed E-state index contributed by atoms with van der Waals surface area (Å²) in [5.41, 5.74) is 0.318. The minimum absolute atomic E-state index is 0.234. The Hall–Kier alpha value is -1.88. The summed E-state index contributed by atoms with van der Waals surface area (Å²) in [6.45, 7) is 2.64. The summed E-state index contributed by atoms with van der Waals surface area (Å²) in [4.78, 5) is 8.31. The monoisotopic (exact) mass is 263 g/mol. The summed E-state index contributed by atoms with van der Waals surface area (Å²) in [6.07, 6.45) is 3.57. The molecule has 1 N–H and O–H groups in total. The van der Waals surface area contributed by atoms with E-state index in [0.29, 0.717) is 24.4 Å². The van der Waals surface area contributed by atoms with E-state index in [4.69, 9.17) is 0 Å². The van der Waals surface area contributed by atoms with E-state index in [1.165, 1.54) is 6.07 Å². The van der Waals surface area contributed by atoms with Crippen molar-refractivity contribution in [1.29, 1.82) is 0 Å². The molecule has 100 valence electrons. The van der Waals surface area contributed by atoms with Crippen LogP contribution in [0.2, 0.25) is 0 Å². The molecule has 0 spiro atoms. The van der Waals surface area contributed by atoms with Crippen molar-refractivity contribution in [3.8, 4) is 0 Å². The van der Waals surface area contributed by atoms with Crippen LogP contribution in [0.15, 0.2) is 36.7 Å². The Morgan fingerprint density at radius 1 is 1.21 bits per heavy atom. The molecule has 0 radical (unpaired) electrons. The van der Waals surface area contributed by atoms with Crippen LogP contribution in [0.25, 0.3) is 0 Å². The number of benzene rings is 1. The van der Waals surface area contributed by atoms with Gasteiger partial charge in [-0.05, 0) is 42.8 Å². The van der Waals surface area contributed by atoms with E-state index in [1.54, 1.807) is 18.5 Å². The van der Waals surface area contributed by atoms with E-state index >= 15 is 0 Å². The van der Waals surface area contributed by atoms with Crippen molar-refractivity contribution < 1.29 is 8.78 Å². The first-order valence-electron chi connectivity index (χ1n) is 6.15. The molecule has 2 rings (SSSR count). The molecule has 0 aliphatic carbocycles. The van der Waals surface area contributed by atoms with Gasteiger partial charge in [-0.25, -0.2) is 18.7 Å². The lowest BCUT2D eigenvalue weighted by Crippen LogP contribution is -2.25. The SMILES string of the molecule is CCNC(Cc1cc(F)ccc1F)c1ncccn1. The largest absolute Gasteiger partial charge is 0.307 e. The molecule has 0 amide bonds. The van der Waals surface area contributed by atoms with Crippen LogP contribution in [0, 0.1) is 11.6 Å². The molecule has 1 atom stereocenters. The molecule has 5 heteroatoms. The fourth-order valence-electron chi connectivity index (χ4n) is 1.91. The Morgan fingerprint density at radius 2 is 1.95 bits per heavy atom. The number of nitrogens with one attached hydrogen (secondary N) is 1. The average molecular weight is 263 g/mol. The first kappa shape index (κ1) is 13.5. The highest BCUT2D eigenvalue weighted by Crippen LogP contribution is 2.18. The van der Waals surface area contributed by atoms with Crippen LogP contribution in [0.3, 0.4) is 0 Å². The molecule has 0 aliphatic heterocycles. The maximum absolute atomic E-state index is 13.7. The second kappa shape index (κ2) is 6.33. The zero-order valence-corrected chi connectivity index (χ0v) is 10.6. The molecule has 1 heterocycles.